The van der Waals surface area contributed by atoms with E-state index in [2.05, 4.69) is 0 Å². The Kier molecular flexibility index (Phi) is 7.41. The lowest BCUT2D eigenvalue weighted by Crippen LogP contribution is -2.37. The van der Waals surface area contributed by atoms with Gasteiger partial charge in [-0.3, -0.25) is 4.79 Å². The third-order valence-corrected chi connectivity index (χ3v) is 4.88. The number of halogens is 3. The van der Waals surface area contributed by atoms with E-state index in [0.717, 1.165) is 0 Å². The monoisotopic (exact) mass is 408 g/mol. The molecule has 1 saturated heterocycles. The molecule has 2 aliphatic rings. The number of allylic oxidation sites excluding steroid dienone is 2. The minimum atomic E-state index is -1.75. The van der Waals surface area contributed by atoms with Crippen LogP contribution in [0.25, 0.3) is 6.08 Å². The zero-order valence-corrected chi connectivity index (χ0v) is 16.0. The van der Waals surface area contributed by atoms with Crippen molar-refractivity contribution in [3.63, 3.8) is 0 Å². The average molecular weight is 408 g/mol. The third kappa shape index (κ3) is 5.23. The molecule has 1 aromatic rings. The molecule has 4 nitrogen and oxygen atoms in total. The lowest BCUT2D eigenvalue weighted by molar-refractivity contribution is -0.168. The molecule has 29 heavy (non-hydrogen) atoms. The van der Waals surface area contributed by atoms with Crippen LogP contribution in [0.15, 0.2) is 47.6 Å². The van der Waals surface area contributed by atoms with Crippen molar-refractivity contribution in [1.82, 2.24) is 0 Å². The first-order valence-corrected chi connectivity index (χ1v) is 9.46. The molecule has 1 fully saturated rings. The van der Waals surface area contributed by atoms with Crippen molar-refractivity contribution < 1.29 is 32.2 Å². The topological polar surface area (TPSA) is 44.8 Å². The second-order valence-electron chi connectivity index (χ2n) is 6.84. The van der Waals surface area contributed by atoms with Crippen molar-refractivity contribution in [2.75, 3.05) is 26.4 Å². The molecule has 7 heteroatoms. The van der Waals surface area contributed by atoms with E-state index in [1.165, 1.54) is 12.1 Å². The van der Waals surface area contributed by atoms with Crippen LogP contribution in [0.1, 0.15) is 22.8 Å². The summed E-state index contributed by atoms with van der Waals surface area (Å²) in [7, 11) is 0. The van der Waals surface area contributed by atoms with Crippen molar-refractivity contribution in [2.24, 2.45) is 5.92 Å². The van der Waals surface area contributed by atoms with Gasteiger partial charge in [-0.2, -0.15) is 0 Å². The minimum Gasteiger partial charge on any atom is -0.377 e. The van der Waals surface area contributed by atoms with Crippen LogP contribution in [0, 0.1) is 11.7 Å². The molecule has 3 rings (SSSR count). The Morgan fingerprint density at radius 1 is 1.17 bits per heavy atom. The molecule has 0 saturated carbocycles. The van der Waals surface area contributed by atoms with Crippen LogP contribution in [0.3, 0.4) is 0 Å². The quantitative estimate of drug-likeness (QED) is 0.634. The second-order valence-corrected chi connectivity index (χ2v) is 6.84. The summed E-state index contributed by atoms with van der Waals surface area (Å²) < 4.78 is 58.8. The summed E-state index contributed by atoms with van der Waals surface area (Å²) in [6.45, 7) is 2.66. The minimum absolute atomic E-state index is 0.0127. The molecule has 1 aromatic carbocycles. The molecule has 1 aliphatic heterocycles. The zero-order chi connectivity index (χ0) is 20.8. The molecular formula is C22H23F3O4. The first-order valence-electron chi connectivity index (χ1n) is 9.46. The molecule has 0 radical (unpaired) electrons. The number of hydrogen-bond donors (Lipinski definition) is 0. The van der Waals surface area contributed by atoms with Crippen molar-refractivity contribution >= 4 is 12.4 Å². The van der Waals surface area contributed by atoms with Gasteiger partial charge in [0.2, 0.25) is 0 Å². The first-order chi connectivity index (χ1) is 14.0. The van der Waals surface area contributed by atoms with E-state index < -0.39 is 24.5 Å². The lowest BCUT2D eigenvalue weighted by Gasteiger charge is -2.33. The maximum Gasteiger partial charge on any atom is 0.177 e. The molecule has 0 aromatic heterocycles. The molecule has 156 valence electrons. The molecule has 0 bridgehead atoms. The average Bonchev–Trinajstić information content (AvgIpc) is 2.74. The van der Waals surface area contributed by atoms with Gasteiger partial charge in [0.05, 0.1) is 25.4 Å². The smallest absolute Gasteiger partial charge is 0.177 e. The van der Waals surface area contributed by atoms with Gasteiger partial charge in [-0.25, -0.2) is 13.2 Å². The Bertz CT molecular complexity index is 810. The van der Waals surface area contributed by atoms with Crippen molar-refractivity contribution in [1.29, 1.82) is 0 Å². The fraction of sp³-hybridized carbons (Fsp3) is 0.409. The van der Waals surface area contributed by atoms with Gasteiger partial charge in [0, 0.05) is 12.5 Å². The van der Waals surface area contributed by atoms with Gasteiger partial charge < -0.3 is 14.2 Å². The van der Waals surface area contributed by atoms with Gasteiger partial charge in [0.25, 0.3) is 0 Å². The lowest BCUT2D eigenvalue weighted by atomic mass is 9.87. The SMILES string of the molecule is CCOCC1=CC=C(C2COC(/C=C/c3ccc(C=O)c(F)c3)OC2)C(F)C1F. The zero-order valence-electron chi connectivity index (χ0n) is 16.0. The van der Waals surface area contributed by atoms with Crippen molar-refractivity contribution in [3.8, 4) is 0 Å². The third-order valence-electron chi connectivity index (χ3n) is 4.88. The molecule has 1 heterocycles. The van der Waals surface area contributed by atoms with Crippen LogP contribution in [-0.4, -0.2) is 51.3 Å². The largest absolute Gasteiger partial charge is 0.377 e. The number of carbonyl (C=O) groups is 1. The highest BCUT2D eigenvalue weighted by Crippen LogP contribution is 2.32. The second kappa shape index (κ2) is 10.0. The standard InChI is InChI=1S/C22H23F3O4/c1-2-27-11-16-6-7-18(22(25)21(16)24)17-12-28-20(29-13-17)8-4-14-3-5-15(10-26)19(23)9-14/h3-10,17,20-22H,2,11-13H2,1H3/b8-4+. The molecule has 0 N–H and O–H groups in total. The number of carbonyl (C=O) groups excluding carboxylic acids is 1. The normalized spacial score (nSPS) is 27.6. The van der Waals surface area contributed by atoms with E-state index in [1.54, 1.807) is 37.3 Å². The Hall–Kier alpha value is -2.22. The van der Waals surface area contributed by atoms with E-state index in [9.17, 15) is 18.0 Å². The fourth-order valence-electron chi connectivity index (χ4n) is 3.21. The van der Waals surface area contributed by atoms with Gasteiger partial charge in [0.15, 0.2) is 24.9 Å². The number of hydrogen-bond acceptors (Lipinski definition) is 4. The van der Waals surface area contributed by atoms with Crippen LogP contribution >= 0.6 is 0 Å². The summed E-state index contributed by atoms with van der Waals surface area (Å²) in [5.74, 6) is -0.995. The van der Waals surface area contributed by atoms with E-state index in [0.29, 0.717) is 24.0 Å². The number of aldehydes is 1. The highest BCUT2D eigenvalue weighted by atomic mass is 19.2. The molecule has 2 unspecified atom stereocenters. The number of benzene rings is 1. The molecule has 2 atom stereocenters. The summed E-state index contributed by atoms with van der Waals surface area (Å²) >= 11 is 0. The van der Waals surface area contributed by atoms with E-state index >= 15 is 0 Å². The highest BCUT2D eigenvalue weighted by molar-refractivity contribution is 5.75. The summed E-state index contributed by atoms with van der Waals surface area (Å²) in [5, 5.41) is 0. The Morgan fingerprint density at radius 3 is 2.59 bits per heavy atom. The maximum atomic E-state index is 14.5. The summed E-state index contributed by atoms with van der Waals surface area (Å²) in [6.07, 6.45) is 2.66. The molecule has 1 aliphatic carbocycles. The summed E-state index contributed by atoms with van der Waals surface area (Å²) in [6, 6.07) is 4.22. The van der Waals surface area contributed by atoms with Gasteiger partial charge in [-0.05, 0) is 41.8 Å². The van der Waals surface area contributed by atoms with Crippen LogP contribution in [0.4, 0.5) is 13.2 Å². The molecular weight excluding hydrogens is 385 g/mol. The van der Waals surface area contributed by atoms with Crippen molar-refractivity contribution in [2.45, 2.75) is 25.6 Å². The predicted molar refractivity (Wildman–Crippen MR) is 102 cm³/mol. The number of rotatable bonds is 7. The van der Waals surface area contributed by atoms with E-state index in [1.807, 2.05) is 0 Å². The van der Waals surface area contributed by atoms with Crippen molar-refractivity contribution in [3.05, 3.63) is 64.5 Å². The Balaban J connectivity index is 1.57. The maximum absolute atomic E-state index is 14.5. The van der Waals surface area contributed by atoms with Crippen LogP contribution in [0.2, 0.25) is 0 Å². The van der Waals surface area contributed by atoms with Gasteiger partial charge in [0.1, 0.15) is 5.82 Å². The Morgan fingerprint density at radius 2 is 1.93 bits per heavy atom. The van der Waals surface area contributed by atoms with E-state index in [-0.39, 0.29) is 36.9 Å². The highest BCUT2D eigenvalue weighted by Gasteiger charge is 2.36. The number of alkyl halides is 2. The number of ether oxygens (including phenoxy) is 3. The van der Waals surface area contributed by atoms with E-state index in [4.69, 9.17) is 14.2 Å². The van der Waals surface area contributed by atoms with Gasteiger partial charge in [-0.1, -0.05) is 24.3 Å². The van der Waals surface area contributed by atoms with Crippen LogP contribution < -0.4 is 0 Å². The predicted octanol–water partition coefficient (Wildman–Crippen LogP) is 4.22. The Labute approximate surface area is 167 Å². The molecule has 0 spiro atoms. The van der Waals surface area contributed by atoms with Gasteiger partial charge >= 0.3 is 0 Å². The van der Waals surface area contributed by atoms with Gasteiger partial charge in [-0.15, -0.1) is 0 Å². The summed E-state index contributed by atoms with van der Waals surface area (Å²) in [5.41, 5.74) is 1.14. The summed E-state index contributed by atoms with van der Waals surface area (Å²) in [4.78, 5) is 10.7. The van der Waals surface area contributed by atoms with Crippen LogP contribution in [-0.2, 0) is 14.2 Å². The van der Waals surface area contributed by atoms with Crippen LogP contribution in [0.5, 0.6) is 0 Å². The fourth-order valence-corrected chi connectivity index (χ4v) is 3.21. The molecule has 0 amide bonds. The first kappa shape index (κ1) is 21.5.